The monoisotopic (exact) mass is 540 g/mol. The summed E-state index contributed by atoms with van der Waals surface area (Å²) in [5.41, 5.74) is 9.47. The first-order valence-corrected chi connectivity index (χ1v) is 12.6. The first-order valence-electron chi connectivity index (χ1n) is 11.1. The van der Waals surface area contributed by atoms with Gasteiger partial charge in [0.15, 0.2) is 5.03 Å². The molecule has 0 fully saturated rings. The molecule has 0 saturated heterocycles. The number of nitrogens with one attached hydrogen (secondary N) is 1. The Balaban J connectivity index is 0.000000479. The molecule has 2 heterocycles. The number of sulfonamides is 1. The van der Waals surface area contributed by atoms with Gasteiger partial charge in [0.05, 0.1) is 6.20 Å². The van der Waals surface area contributed by atoms with E-state index in [4.69, 9.17) is 20.4 Å². The van der Waals surface area contributed by atoms with Gasteiger partial charge in [-0.15, -0.1) is 0 Å². The van der Waals surface area contributed by atoms with E-state index in [1.54, 1.807) is 18.5 Å². The minimum atomic E-state index is -5.08. The number of benzene rings is 2. The lowest BCUT2D eigenvalue weighted by Crippen LogP contribution is -2.39. The van der Waals surface area contributed by atoms with Gasteiger partial charge in [0.25, 0.3) is 10.0 Å². The number of hydrogen-bond acceptors (Lipinski definition) is 6. The van der Waals surface area contributed by atoms with Gasteiger partial charge in [-0.2, -0.15) is 13.2 Å². The molecular weight excluding hydrogens is 513 g/mol. The number of alkyl halides is 3. The number of fused-ring (bicyclic) bond motifs is 1. The third-order valence-electron chi connectivity index (χ3n) is 5.88. The number of aliphatic carboxylic acids is 1. The fourth-order valence-electron chi connectivity index (χ4n) is 3.77. The lowest BCUT2D eigenvalue weighted by Gasteiger charge is -2.32. The molecule has 2 unspecified atom stereocenters. The third kappa shape index (κ3) is 7.08. The second-order valence-corrected chi connectivity index (χ2v) is 10.2. The molecule has 2 atom stereocenters. The second-order valence-electron chi connectivity index (χ2n) is 8.47. The van der Waals surface area contributed by atoms with Gasteiger partial charge in [-0.25, -0.2) is 22.9 Å². The number of hydrogen-bond donors (Lipinski definition) is 3. The summed E-state index contributed by atoms with van der Waals surface area (Å²) in [6.07, 6.45) is -2.91. The Morgan fingerprint density at radius 1 is 1.22 bits per heavy atom. The number of halogens is 3. The Morgan fingerprint density at radius 2 is 1.86 bits per heavy atom. The Labute approximate surface area is 212 Å². The zero-order valence-corrected chi connectivity index (χ0v) is 20.9. The number of imidazole rings is 1. The summed E-state index contributed by atoms with van der Waals surface area (Å²) in [6.45, 7) is 2.40. The van der Waals surface area contributed by atoms with Crippen molar-refractivity contribution in [2.45, 2.75) is 43.1 Å². The van der Waals surface area contributed by atoms with Crippen LogP contribution < -0.4 is 15.2 Å². The summed E-state index contributed by atoms with van der Waals surface area (Å²) in [5, 5.41) is 7.27. The number of aryl methyl sites for hydroxylation is 1. The molecule has 0 saturated carbocycles. The lowest BCUT2D eigenvalue weighted by atomic mass is 9.84. The van der Waals surface area contributed by atoms with E-state index in [1.165, 1.54) is 11.8 Å². The van der Waals surface area contributed by atoms with Crippen molar-refractivity contribution in [1.82, 2.24) is 14.3 Å². The molecule has 37 heavy (non-hydrogen) atoms. The summed E-state index contributed by atoms with van der Waals surface area (Å²) in [7, 11) is -1.98. The van der Waals surface area contributed by atoms with E-state index in [-0.39, 0.29) is 23.5 Å². The highest BCUT2D eigenvalue weighted by Crippen LogP contribution is 2.36. The fraction of sp³-hybridized carbons (Fsp3) is 0.333. The molecule has 2 aromatic carbocycles. The van der Waals surface area contributed by atoms with Crippen molar-refractivity contribution in [2.24, 2.45) is 12.8 Å². The van der Waals surface area contributed by atoms with Crippen LogP contribution in [-0.4, -0.2) is 47.9 Å². The van der Waals surface area contributed by atoms with Crippen LogP contribution in [0.15, 0.2) is 59.8 Å². The van der Waals surface area contributed by atoms with E-state index >= 15 is 0 Å². The number of nitrogens with zero attached hydrogens (tertiary/aromatic N) is 2. The average Bonchev–Trinajstić information content (AvgIpc) is 3.19. The second kappa shape index (κ2) is 11.3. The van der Waals surface area contributed by atoms with Crippen molar-refractivity contribution in [3.05, 3.63) is 77.2 Å². The van der Waals surface area contributed by atoms with Crippen LogP contribution in [0.3, 0.4) is 0 Å². The highest BCUT2D eigenvalue weighted by atomic mass is 32.2. The van der Waals surface area contributed by atoms with Crippen molar-refractivity contribution in [2.75, 3.05) is 6.61 Å². The SMILES string of the molecule is Cc1ncc(S(=O)(=O)NCc2ccc3c(c2)C(Cc2ccccc2)C(N)CO3)n1C.O=C(O)C(F)(F)F. The number of nitrogens with two attached hydrogens (primary N) is 1. The maximum atomic E-state index is 12.7. The number of carbonyl (C=O) groups is 1. The van der Waals surface area contributed by atoms with Gasteiger partial charge in [0.2, 0.25) is 0 Å². The maximum Gasteiger partial charge on any atom is 0.490 e. The fourth-order valence-corrected chi connectivity index (χ4v) is 4.96. The lowest BCUT2D eigenvalue weighted by molar-refractivity contribution is -0.192. The van der Waals surface area contributed by atoms with Gasteiger partial charge in [-0.05, 0) is 36.1 Å². The van der Waals surface area contributed by atoms with E-state index in [0.29, 0.717) is 12.4 Å². The predicted octanol–water partition coefficient (Wildman–Crippen LogP) is 2.89. The standard InChI is InChI=1S/C22H26N4O3S.C2HF3O2/c1-15-24-13-22(26(15)2)30(27,28)25-12-17-8-9-21-19(11-17)18(20(23)14-29-21)10-16-6-4-3-5-7-16;3-2(4,5)1(6)7/h3-9,11,13,18,20,25H,10,12,14,23H2,1-2H3;(H,6,7). The Bertz CT molecular complexity index is 1340. The Hall–Kier alpha value is -3.42. The molecule has 0 spiro atoms. The first kappa shape index (κ1) is 28.2. The highest BCUT2D eigenvalue weighted by molar-refractivity contribution is 7.89. The number of carboxylic acid groups (broad SMARTS) is 1. The van der Waals surface area contributed by atoms with E-state index in [9.17, 15) is 21.6 Å². The van der Waals surface area contributed by atoms with Crippen molar-refractivity contribution in [3.63, 3.8) is 0 Å². The maximum absolute atomic E-state index is 12.7. The van der Waals surface area contributed by atoms with Crippen LogP contribution in [0.25, 0.3) is 0 Å². The van der Waals surface area contributed by atoms with E-state index < -0.39 is 22.2 Å². The number of ether oxygens (including phenoxy) is 1. The van der Waals surface area contributed by atoms with Gasteiger partial charge in [-0.3, -0.25) is 0 Å². The number of aromatic nitrogens is 2. The third-order valence-corrected chi connectivity index (χ3v) is 7.34. The van der Waals surface area contributed by atoms with E-state index in [2.05, 4.69) is 21.8 Å². The molecule has 200 valence electrons. The highest BCUT2D eigenvalue weighted by Gasteiger charge is 2.38. The molecule has 0 aliphatic carbocycles. The molecule has 4 N–H and O–H groups in total. The molecular formula is C24H27F3N4O5S. The van der Waals surface area contributed by atoms with Gasteiger partial charge in [0.1, 0.15) is 18.2 Å². The minimum Gasteiger partial charge on any atom is -0.492 e. The zero-order valence-electron chi connectivity index (χ0n) is 20.1. The van der Waals surface area contributed by atoms with Crippen molar-refractivity contribution >= 4 is 16.0 Å². The van der Waals surface area contributed by atoms with E-state index in [0.717, 1.165) is 23.3 Å². The predicted molar refractivity (Wildman–Crippen MR) is 128 cm³/mol. The van der Waals surface area contributed by atoms with Crippen LogP contribution in [0, 0.1) is 6.92 Å². The van der Waals surface area contributed by atoms with Crippen LogP contribution in [0.2, 0.25) is 0 Å². The summed E-state index contributed by atoms with van der Waals surface area (Å²) in [4.78, 5) is 13.0. The topological polar surface area (TPSA) is 137 Å². The molecule has 0 amide bonds. The number of rotatable bonds is 6. The van der Waals surface area contributed by atoms with E-state index in [1.807, 2.05) is 36.4 Å². The Morgan fingerprint density at radius 3 is 2.43 bits per heavy atom. The summed E-state index contributed by atoms with van der Waals surface area (Å²) in [5.74, 6) is -1.20. The normalized spacial score (nSPS) is 17.2. The van der Waals surface area contributed by atoms with Crippen LogP contribution in [-0.2, 0) is 34.8 Å². The molecule has 3 aromatic rings. The molecule has 4 rings (SSSR count). The zero-order chi connectivity index (χ0) is 27.4. The first-order chi connectivity index (χ1) is 17.3. The van der Waals surface area contributed by atoms with Gasteiger partial charge < -0.3 is 20.1 Å². The average molecular weight is 541 g/mol. The molecule has 9 nitrogen and oxygen atoms in total. The van der Waals surface area contributed by atoms with Crippen LogP contribution >= 0.6 is 0 Å². The van der Waals surface area contributed by atoms with Crippen LogP contribution in [0.4, 0.5) is 13.2 Å². The molecule has 0 bridgehead atoms. The quantitative estimate of drug-likeness (QED) is 0.437. The summed E-state index contributed by atoms with van der Waals surface area (Å²) < 4.78 is 67.1. The molecule has 1 aromatic heterocycles. The molecule has 1 aliphatic rings. The van der Waals surface area contributed by atoms with Gasteiger partial charge in [-0.1, -0.05) is 42.5 Å². The minimum absolute atomic E-state index is 0.104. The van der Waals surface area contributed by atoms with Crippen LogP contribution in [0.1, 0.15) is 28.4 Å². The summed E-state index contributed by atoms with van der Waals surface area (Å²) in [6, 6.07) is 15.9. The largest absolute Gasteiger partial charge is 0.492 e. The van der Waals surface area contributed by atoms with Crippen LogP contribution in [0.5, 0.6) is 5.75 Å². The van der Waals surface area contributed by atoms with Crippen molar-refractivity contribution in [1.29, 1.82) is 0 Å². The molecule has 13 heteroatoms. The summed E-state index contributed by atoms with van der Waals surface area (Å²) >= 11 is 0. The van der Waals surface area contributed by atoms with Crippen molar-refractivity contribution < 1.29 is 36.2 Å². The number of carboxylic acids is 1. The molecule has 0 radical (unpaired) electrons. The van der Waals surface area contributed by atoms with Gasteiger partial charge >= 0.3 is 12.1 Å². The molecule has 1 aliphatic heterocycles. The van der Waals surface area contributed by atoms with Gasteiger partial charge in [0, 0.05) is 25.6 Å². The smallest absolute Gasteiger partial charge is 0.490 e. The van der Waals surface area contributed by atoms with Crippen molar-refractivity contribution in [3.8, 4) is 5.75 Å². The Kier molecular flexibility index (Phi) is 8.61.